The highest BCUT2D eigenvalue weighted by atomic mass is 16.2. The molecule has 0 saturated carbocycles. The van der Waals surface area contributed by atoms with Crippen LogP contribution in [0.2, 0.25) is 0 Å². The van der Waals surface area contributed by atoms with Crippen LogP contribution in [0, 0.1) is 0 Å². The minimum absolute atomic E-state index is 0.134. The van der Waals surface area contributed by atoms with E-state index in [0.717, 1.165) is 19.4 Å². The van der Waals surface area contributed by atoms with E-state index in [1.54, 1.807) is 0 Å². The summed E-state index contributed by atoms with van der Waals surface area (Å²) in [7, 11) is 0. The Labute approximate surface area is 60.5 Å². The van der Waals surface area contributed by atoms with Crippen molar-refractivity contribution in [3.63, 3.8) is 0 Å². The lowest BCUT2D eigenvalue weighted by Gasteiger charge is -2.18. The van der Waals surface area contributed by atoms with Gasteiger partial charge in [0.1, 0.15) is 0 Å². The van der Waals surface area contributed by atoms with Crippen LogP contribution in [0.5, 0.6) is 0 Å². The van der Waals surface area contributed by atoms with Crippen molar-refractivity contribution in [1.82, 2.24) is 5.32 Å². The van der Waals surface area contributed by atoms with Crippen molar-refractivity contribution in [2.75, 3.05) is 6.54 Å². The van der Waals surface area contributed by atoms with Crippen LogP contribution in [-0.2, 0) is 4.79 Å². The molecule has 56 valence electrons. The van der Waals surface area contributed by atoms with Crippen molar-refractivity contribution in [3.05, 3.63) is 0 Å². The average Bonchev–Trinajstić information content (AvgIpc) is 2.36. The van der Waals surface area contributed by atoms with Gasteiger partial charge >= 0.3 is 0 Å². The minimum atomic E-state index is -0.415. The zero-order valence-corrected chi connectivity index (χ0v) is 6.18. The van der Waals surface area contributed by atoms with Crippen molar-refractivity contribution < 1.29 is 4.79 Å². The van der Waals surface area contributed by atoms with E-state index < -0.39 is 5.54 Å². The van der Waals surface area contributed by atoms with Crippen LogP contribution in [0.1, 0.15) is 19.8 Å². The van der Waals surface area contributed by atoms with E-state index in [1.807, 2.05) is 6.92 Å². The largest absolute Gasteiger partial charge is 0.303 e. The standard InChI is InChI=1S/C7H12N2O/c1-7(6(10)8-2)4-3-5-9-7/h9H,2-5H2,1H3. The molecule has 1 atom stereocenters. The van der Waals surface area contributed by atoms with Crippen molar-refractivity contribution in [2.45, 2.75) is 25.3 Å². The fraction of sp³-hybridized carbons (Fsp3) is 0.714. The van der Waals surface area contributed by atoms with Gasteiger partial charge in [0.05, 0.1) is 5.54 Å². The molecule has 0 aromatic carbocycles. The molecule has 0 aromatic heterocycles. The van der Waals surface area contributed by atoms with Gasteiger partial charge in [-0.15, -0.1) is 0 Å². The summed E-state index contributed by atoms with van der Waals surface area (Å²) in [6.07, 6.45) is 1.93. The third kappa shape index (κ3) is 1.09. The molecule has 1 aliphatic rings. The van der Waals surface area contributed by atoms with Crippen LogP contribution in [0.25, 0.3) is 0 Å². The molecular formula is C7H12N2O. The number of hydrogen-bond donors (Lipinski definition) is 1. The van der Waals surface area contributed by atoms with Crippen LogP contribution < -0.4 is 5.32 Å². The van der Waals surface area contributed by atoms with E-state index in [-0.39, 0.29) is 5.91 Å². The summed E-state index contributed by atoms with van der Waals surface area (Å²) < 4.78 is 0. The van der Waals surface area contributed by atoms with Gasteiger partial charge in [-0.1, -0.05) is 0 Å². The average molecular weight is 140 g/mol. The lowest BCUT2D eigenvalue weighted by Crippen LogP contribution is -2.43. The fourth-order valence-electron chi connectivity index (χ4n) is 1.25. The van der Waals surface area contributed by atoms with Crippen molar-refractivity contribution >= 4 is 12.6 Å². The Hall–Kier alpha value is -0.700. The molecule has 1 fully saturated rings. The Morgan fingerprint density at radius 2 is 2.50 bits per heavy atom. The number of carbonyl (C=O) groups excluding carboxylic acids is 1. The lowest BCUT2D eigenvalue weighted by molar-refractivity contribution is -0.122. The normalized spacial score (nSPS) is 32.1. The number of nitrogens with one attached hydrogen (secondary N) is 1. The molecule has 0 aliphatic carbocycles. The van der Waals surface area contributed by atoms with Crippen LogP contribution in [0.3, 0.4) is 0 Å². The molecule has 1 heterocycles. The van der Waals surface area contributed by atoms with Crippen molar-refractivity contribution in [1.29, 1.82) is 0 Å². The number of rotatable bonds is 1. The molecule has 1 N–H and O–H groups in total. The van der Waals surface area contributed by atoms with E-state index >= 15 is 0 Å². The molecule has 3 heteroatoms. The first-order chi connectivity index (χ1) is 4.69. The molecule has 0 radical (unpaired) electrons. The Morgan fingerprint density at radius 1 is 1.80 bits per heavy atom. The second-order valence-electron chi connectivity index (χ2n) is 2.83. The van der Waals surface area contributed by atoms with Gasteiger partial charge in [-0.05, 0) is 33.0 Å². The first-order valence-electron chi connectivity index (χ1n) is 3.45. The van der Waals surface area contributed by atoms with Crippen LogP contribution in [0.4, 0.5) is 0 Å². The quantitative estimate of drug-likeness (QED) is 0.534. The Kier molecular flexibility index (Phi) is 1.85. The molecule has 1 unspecified atom stereocenters. The summed E-state index contributed by atoms with van der Waals surface area (Å²) in [5.74, 6) is -0.134. The van der Waals surface area contributed by atoms with Gasteiger partial charge in [0, 0.05) is 0 Å². The first kappa shape index (κ1) is 7.41. The predicted octanol–water partition coefficient (Wildman–Crippen LogP) is 0.356. The summed E-state index contributed by atoms with van der Waals surface area (Å²) >= 11 is 0. The van der Waals surface area contributed by atoms with Gasteiger partial charge in [0.25, 0.3) is 5.91 Å². The zero-order valence-electron chi connectivity index (χ0n) is 6.18. The second kappa shape index (κ2) is 2.50. The van der Waals surface area contributed by atoms with Gasteiger partial charge < -0.3 is 5.32 Å². The molecule has 3 nitrogen and oxygen atoms in total. The maximum Gasteiger partial charge on any atom is 0.265 e. The minimum Gasteiger partial charge on any atom is -0.303 e. The summed E-state index contributed by atoms with van der Waals surface area (Å²) in [6.45, 7) is 6.00. The SMILES string of the molecule is C=NC(=O)C1(C)CCCN1. The first-order valence-corrected chi connectivity index (χ1v) is 3.45. The number of nitrogens with zero attached hydrogens (tertiary/aromatic N) is 1. The molecule has 0 spiro atoms. The van der Waals surface area contributed by atoms with E-state index in [2.05, 4.69) is 17.0 Å². The molecule has 1 rings (SSSR count). The fourth-order valence-corrected chi connectivity index (χ4v) is 1.25. The Bertz CT molecular complexity index is 159. The monoisotopic (exact) mass is 140 g/mol. The highest BCUT2D eigenvalue weighted by Crippen LogP contribution is 2.19. The molecule has 1 aliphatic heterocycles. The van der Waals surface area contributed by atoms with Gasteiger partial charge in [0.15, 0.2) is 0 Å². The summed E-state index contributed by atoms with van der Waals surface area (Å²) in [6, 6.07) is 0. The van der Waals surface area contributed by atoms with E-state index in [0.29, 0.717) is 0 Å². The van der Waals surface area contributed by atoms with Crippen LogP contribution in [0.15, 0.2) is 4.99 Å². The maximum atomic E-state index is 11.0. The molecule has 1 saturated heterocycles. The summed E-state index contributed by atoms with van der Waals surface area (Å²) in [5.41, 5.74) is -0.415. The third-order valence-corrected chi connectivity index (χ3v) is 1.98. The number of amides is 1. The van der Waals surface area contributed by atoms with Crippen molar-refractivity contribution in [3.8, 4) is 0 Å². The summed E-state index contributed by atoms with van der Waals surface area (Å²) in [4.78, 5) is 14.4. The summed E-state index contributed by atoms with van der Waals surface area (Å²) in [5, 5.41) is 3.10. The van der Waals surface area contributed by atoms with E-state index in [4.69, 9.17) is 0 Å². The number of carbonyl (C=O) groups is 1. The Balaban J connectivity index is 2.66. The Morgan fingerprint density at radius 3 is 2.90 bits per heavy atom. The smallest absolute Gasteiger partial charge is 0.265 e. The van der Waals surface area contributed by atoms with Crippen LogP contribution in [-0.4, -0.2) is 24.7 Å². The van der Waals surface area contributed by atoms with Crippen LogP contribution >= 0.6 is 0 Å². The molecular weight excluding hydrogens is 128 g/mol. The van der Waals surface area contributed by atoms with Gasteiger partial charge in [-0.2, -0.15) is 0 Å². The lowest BCUT2D eigenvalue weighted by atomic mass is 10.00. The maximum absolute atomic E-state index is 11.0. The highest BCUT2D eigenvalue weighted by Gasteiger charge is 2.34. The number of hydrogen-bond acceptors (Lipinski definition) is 2. The molecule has 1 amide bonds. The topological polar surface area (TPSA) is 41.5 Å². The number of aliphatic imine (C=N–C) groups is 1. The zero-order chi connectivity index (χ0) is 7.61. The van der Waals surface area contributed by atoms with E-state index in [1.165, 1.54) is 0 Å². The third-order valence-electron chi connectivity index (χ3n) is 1.98. The predicted molar refractivity (Wildman–Crippen MR) is 40.2 cm³/mol. The van der Waals surface area contributed by atoms with Crippen molar-refractivity contribution in [2.24, 2.45) is 4.99 Å². The highest BCUT2D eigenvalue weighted by molar-refractivity contribution is 5.89. The molecule has 10 heavy (non-hydrogen) atoms. The van der Waals surface area contributed by atoms with E-state index in [9.17, 15) is 4.79 Å². The molecule has 0 bridgehead atoms. The molecule has 0 aromatic rings. The second-order valence-corrected chi connectivity index (χ2v) is 2.83. The van der Waals surface area contributed by atoms with Gasteiger partial charge in [-0.25, -0.2) is 4.99 Å². The van der Waals surface area contributed by atoms with Gasteiger partial charge in [-0.3, -0.25) is 4.79 Å². The van der Waals surface area contributed by atoms with Gasteiger partial charge in [0.2, 0.25) is 0 Å².